The lowest BCUT2D eigenvalue weighted by Gasteiger charge is -2.31. The molecule has 0 aliphatic carbocycles. The molecule has 2 aromatic rings. The fraction of sp³-hybridized carbons (Fsp3) is 0.294. The van der Waals surface area contributed by atoms with Crippen LogP contribution in [0.4, 0.5) is 11.4 Å². The van der Waals surface area contributed by atoms with Crippen LogP contribution in [-0.2, 0) is 13.0 Å². The zero-order valence-corrected chi connectivity index (χ0v) is 12.5. The Morgan fingerprint density at radius 1 is 1.20 bits per heavy atom. The first kappa shape index (κ1) is 13.5. The number of benzene rings is 2. The molecule has 0 amide bonds. The number of nitrogens with zero attached hydrogens (tertiary/aromatic N) is 1. The molecule has 0 bridgehead atoms. The molecule has 0 spiro atoms. The summed E-state index contributed by atoms with van der Waals surface area (Å²) in [6, 6.07) is 15.0. The summed E-state index contributed by atoms with van der Waals surface area (Å²) in [4.78, 5) is 2.37. The zero-order chi connectivity index (χ0) is 13.9. The number of nitrogens with one attached hydrogen (secondary N) is 1. The Bertz CT molecular complexity index is 610. The Hall–Kier alpha value is -1.51. The van der Waals surface area contributed by atoms with E-state index in [-0.39, 0.29) is 0 Å². The van der Waals surface area contributed by atoms with Crippen molar-refractivity contribution in [2.75, 3.05) is 18.5 Å². The minimum absolute atomic E-state index is 0.801. The van der Waals surface area contributed by atoms with Crippen LogP contribution in [0.15, 0.2) is 42.5 Å². The highest BCUT2D eigenvalue weighted by Crippen LogP contribution is 2.34. The van der Waals surface area contributed by atoms with Crippen LogP contribution >= 0.6 is 11.6 Å². The lowest BCUT2D eigenvalue weighted by atomic mass is 10.0. The van der Waals surface area contributed by atoms with E-state index in [2.05, 4.69) is 52.7 Å². The summed E-state index contributed by atoms with van der Waals surface area (Å²) in [7, 11) is 1.94. The Labute approximate surface area is 125 Å². The summed E-state index contributed by atoms with van der Waals surface area (Å²) < 4.78 is 0. The van der Waals surface area contributed by atoms with Gasteiger partial charge < -0.3 is 10.2 Å². The molecule has 0 fully saturated rings. The van der Waals surface area contributed by atoms with Crippen molar-refractivity contribution in [2.45, 2.75) is 19.4 Å². The van der Waals surface area contributed by atoms with Crippen molar-refractivity contribution in [3.8, 4) is 0 Å². The van der Waals surface area contributed by atoms with E-state index >= 15 is 0 Å². The number of rotatable bonds is 3. The third-order valence-corrected chi connectivity index (χ3v) is 4.18. The predicted octanol–water partition coefficient (Wildman–Crippen LogP) is 4.14. The highest BCUT2D eigenvalue weighted by atomic mass is 35.5. The summed E-state index contributed by atoms with van der Waals surface area (Å²) in [5, 5.41) is 3.97. The molecule has 1 heterocycles. The number of hydrogen-bond acceptors (Lipinski definition) is 2. The summed E-state index contributed by atoms with van der Waals surface area (Å²) in [6.45, 7) is 1.86. The Morgan fingerprint density at radius 2 is 2.05 bits per heavy atom. The molecule has 2 aromatic carbocycles. The lowest BCUT2D eigenvalue weighted by Crippen LogP contribution is -2.24. The van der Waals surface area contributed by atoms with Crippen molar-refractivity contribution in [1.82, 2.24) is 5.32 Å². The Balaban J connectivity index is 1.96. The average molecular weight is 287 g/mol. The molecule has 104 valence electrons. The first-order valence-corrected chi connectivity index (χ1v) is 7.46. The summed E-state index contributed by atoms with van der Waals surface area (Å²) in [6.07, 6.45) is 2.35. The molecule has 1 aliphatic heterocycles. The molecule has 0 radical (unpaired) electrons. The van der Waals surface area contributed by atoms with Gasteiger partial charge in [0.2, 0.25) is 0 Å². The summed E-state index contributed by atoms with van der Waals surface area (Å²) >= 11 is 6.39. The van der Waals surface area contributed by atoms with Crippen LogP contribution in [0, 0.1) is 0 Å². The smallest absolute Gasteiger partial charge is 0.0471 e. The first-order valence-electron chi connectivity index (χ1n) is 7.08. The second-order valence-corrected chi connectivity index (χ2v) is 5.60. The van der Waals surface area contributed by atoms with E-state index in [0.29, 0.717) is 0 Å². The number of anilines is 2. The van der Waals surface area contributed by atoms with Crippen LogP contribution in [0.2, 0.25) is 5.02 Å². The van der Waals surface area contributed by atoms with Crippen molar-refractivity contribution in [2.24, 2.45) is 0 Å². The molecule has 3 rings (SSSR count). The molecule has 20 heavy (non-hydrogen) atoms. The van der Waals surface area contributed by atoms with E-state index in [1.807, 2.05) is 7.05 Å². The fourth-order valence-electron chi connectivity index (χ4n) is 2.84. The van der Waals surface area contributed by atoms with Crippen molar-refractivity contribution >= 4 is 23.0 Å². The van der Waals surface area contributed by atoms with Gasteiger partial charge in [-0.05, 0) is 49.2 Å². The number of para-hydroxylation sites is 1. The second-order valence-electron chi connectivity index (χ2n) is 5.19. The van der Waals surface area contributed by atoms with Gasteiger partial charge in [-0.3, -0.25) is 0 Å². The predicted molar refractivity (Wildman–Crippen MR) is 86.0 cm³/mol. The molecule has 0 unspecified atom stereocenters. The summed E-state index contributed by atoms with van der Waals surface area (Å²) in [5.74, 6) is 0. The molecule has 0 atom stereocenters. The molecular formula is C17H19ClN2. The van der Waals surface area contributed by atoms with Gasteiger partial charge in [0.1, 0.15) is 0 Å². The molecule has 0 saturated heterocycles. The molecule has 1 N–H and O–H groups in total. The van der Waals surface area contributed by atoms with Crippen LogP contribution in [0.25, 0.3) is 0 Å². The van der Waals surface area contributed by atoms with E-state index in [9.17, 15) is 0 Å². The van der Waals surface area contributed by atoms with Gasteiger partial charge >= 0.3 is 0 Å². The van der Waals surface area contributed by atoms with Crippen molar-refractivity contribution in [1.29, 1.82) is 0 Å². The van der Waals surface area contributed by atoms with Gasteiger partial charge in [0.15, 0.2) is 0 Å². The highest BCUT2D eigenvalue weighted by molar-refractivity contribution is 6.31. The Morgan fingerprint density at radius 3 is 2.85 bits per heavy atom. The van der Waals surface area contributed by atoms with E-state index < -0.39 is 0 Å². The van der Waals surface area contributed by atoms with Gasteiger partial charge in [-0.25, -0.2) is 0 Å². The standard InChI is InChI=1S/C17H19ClN2/c1-19-12-14-8-9-15(11-16(14)18)20-10-4-6-13-5-2-3-7-17(13)20/h2-3,5,7-9,11,19H,4,6,10,12H2,1H3. The molecule has 0 saturated carbocycles. The SMILES string of the molecule is CNCc1ccc(N2CCCc3ccccc32)cc1Cl. The normalized spacial score (nSPS) is 14.2. The summed E-state index contributed by atoms with van der Waals surface area (Å²) in [5.41, 5.74) is 5.07. The maximum absolute atomic E-state index is 6.39. The van der Waals surface area contributed by atoms with E-state index in [1.54, 1.807) is 0 Å². The zero-order valence-electron chi connectivity index (χ0n) is 11.7. The van der Waals surface area contributed by atoms with E-state index in [1.165, 1.54) is 23.4 Å². The van der Waals surface area contributed by atoms with Crippen LogP contribution in [0.3, 0.4) is 0 Å². The monoisotopic (exact) mass is 286 g/mol. The number of halogens is 1. The number of aryl methyl sites for hydroxylation is 1. The topological polar surface area (TPSA) is 15.3 Å². The number of fused-ring (bicyclic) bond motifs is 1. The van der Waals surface area contributed by atoms with E-state index in [4.69, 9.17) is 11.6 Å². The van der Waals surface area contributed by atoms with Gasteiger partial charge in [0.05, 0.1) is 0 Å². The van der Waals surface area contributed by atoms with Crippen molar-refractivity contribution in [3.63, 3.8) is 0 Å². The minimum atomic E-state index is 0.801. The molecular weight excluding hydrogens is 268 g/mol. The van der Waals surface area contributed by atoms with Gasteiger partial charge in [-0.2, -0.15) is 0 Å². The fourth-order valence-corrected chi connectivity index (χ4v) is 3.08. The number of hydrogen-bond donors (Lipinski definition) is 1. The highest BCUT2D eigenvalue weighted by Gasteiger charge is 2.18. The quantitative estimate of drug-likeness (QED) is 0.912. The average Bonchev–Trinajstić information content (AvgIpc) is 2.49. The van der Waals surface area contributed by atoms with Gasteiger partial charge in [0.25, 0.3) is 0 Å². The minimum Gasteiger partial charge on any atom is -0.341 e. The second kappa shape index (κ2) is 5.86. The van der Waals surface area contributed by atoms with Crippen molar-refractivity contribution < 1.29 is 0 Å². The van der Waals surface area contributed by atoms with Gasteiger partial charge in [-0.1, -0.05) is 35.9 Å². The van der Waals surface area contributed by atoms with Gasteiger partial charge in [0, 0.05) is 29.5 Å². The van der Waals surface area contributed by atoms with Crippen LogP contribution < -0.4 is 10.2 Å². The molecule has 0 aromatic heterocycles. The van der Waals surface area contributed by atoms with Gasteiger partial charge in [-0.15, -0.1) is 0 Å². The van der Waals surface area contributed by atoms with Crippen LogP contribution in [0.1, 0.15) is 17.5 Å². The van der Waals surface area contributed by atoms with Crippen LogP contribution in [-0.4, -0.2) is 13.6 Å². The molecule has 1 aliphatic rings. The molecule has 3 heteroatoms. The maximum atomic E-state index is 6.39. The van der Waals surface area contributed by atoms with E-state index in [0.717, 1.165) is 30.1 Å². The lowest BCUT2D eigenvalue weighted by molar-refractivity contribution is 0.766. The van der Waals surface area contributed by atoms with Crippen molar-refractivity contribution in [3.05, 3.63) is 58.6 Å². The first-order chi connectivity index (χ1) is 9.79. The largest absolute Gasteiger partial charge is 0.341 e. The third kappa shape index (κ3) is 2.54. The maximum Gasteiger partial charge on any atom is 0.0471 e. The van der Waals surface area contributed by atoms with Crippen LogP contribution in [0.5, 0.6) is 0 Å². The third-order valence-electron chi connectivity index (χ3n) is 3.83. The Kier molecular flexibility index (Phi) is 3.95. The molecule has 2 nitrogen and oxygen atoms in total.